The molecule has 0 bridgehead atoms. The van der Waals surface area contributed by atoms with Crippen molar-refractivity contribution in [2.75, 3.05) is 11.5 Å². The van der Waals surface area contributed by atoms with E-state index in [9.17, 15) is 21.6 Å². The smallest absolute Gasteiger partial charge is 0.211 e. The van der Waals surface area contributed by atoms with Gasteiger partial charge in [0.15, 0.2) is 19.7 Å². The van der Waals surface area contributed by atoms with E-state index in [1.807, 2.05) is 6.92 Å². The summed E-state index contributed by atoms with van der Waals surface area (Å²) >= 11 is 0. The van der Waals surface area contributed by atoms with Crippen LogP contribution in [0, 0.1) is 6.92 Å². The van der Waals surface area contributed by atoms with Crippen LogP contribution in [-0.4, -0.2) is 43.5 Å². The summed E-state index contributed by atoms with van der Waals surface area (Å²) in [5.74, 6) is -1.06. The number of aromatic nitrogens is 2. The number of hydrogen-bond acceptors (Lipinski definition) is 6. The van der Waals surface area contributed by atoms with Gasteiger partial charge in [-0.15, -0.1) is 0 Å². The van der Waals surface area contributed by atoms with Gasteiger partial charge in [-0.3, -0.25) is 9.78 Å². The highest BCUT2D eigenvalue weighted by molar-refractivity contribution is 7.94. The number of hydrogen-bond donors (Lipinski definition) is 0. The molecular formula is C27H28N2O5S2. The second-order valence-electron chi connectivity index (χ2n) is 8.75. The second-order valence-corrected chi connectivity index (χ2v) is 12.8. The fraction of sp³-hybridized carbons (Fsp3) is 0.259. The number of carbonyl (C=O) groups excluding carboxylic acids is 1. The van der Waals surface area contributed by atoms with E-state index < -0.39 is 30.4 Å². The Balaban J connectivity index is 2.16. The normalized spacial score (nSPS) is 12.2. The first-order valence-electron chi connectivity index (χ1n) is 11.8. The summed E-state index contributed by atoms with van der Waals surface area (Å²) in [4.78, 5) is 17.1. The van der Waals surface area contributed by atoms with Gasteiger partial charge in [-0.2, -0.15) is 0 Å². The van der Waals surface area contributed by atoms with Crippen LogP contribution in [0.15, 0.2) is 76.9 Å². The summed E-state index contributed by atoms with van der Waals surface area (Å²) in [7, 11) is -8.14. The quantitative estimate of drug-likeness (QED) is 0.288. The molecular weight excluding hydrogens is 496 g/mol. The maximum Gasteiger partial charge on any atom is 0.211 e. The predicted molar refractivity (Wildman–Crippen MR) is 140 cm³/mol. The summed E-state index contributed by atoms with van der Waals surface area (Å²) in [6, 6.07) is 13.7. The average Bonchev–Trinajstić information content (AvgIpc) is 3.21. The molecule has 4 rings (SSSR count). The first kappa shape index (κ1) is 25.8. The third-order valence-corrected chi connectivity index (χ3v) is 10.0. The van der Waals surface area contributed by atoms with Crippen molar-refractivity contribution in [1.29, 1.82) is 0 Å². The topological polar surface area (TPSA) is 103 Å². The molecule has 0 spiro atoms. The Morgan fingerprint density at radius 3 is 1.97 bits per heavy atom. The van der Waals surface area contributed by atoms with E-state index in [-0.39, 0.29) is 39.6 Å². The maximum atomic E-state index is 13.8. The van der Waals surface area contributed by atoms with Crippen molar-refractivity contribution in [3.05, 3.63) is 83.9 Å². The lowest BCUT2D eigenvalue weighted by Gasteiger charge is -2.09. The van der Waals surface area contributed by atoms with Gasteiger partial charge in [0.2, 0.25) is 5.78 Å². The van der Waals surface area contributed by atoms with Crippen LogP contribution in [0.3, 0.4) is 0 Å². The van der Waals surface area contributed by atoms with Crippen LogP contribution in [0.25, 0.3) is 16.6 Å². The Bertz CT molecular complexity index is 1640. The van der Waals surface area contributed by atoms with Gasteiger partial charge in [0, 0.05) is 24.2 Å². The molecule has 0 aliphatic rings. The number of rotatable bonds is 9. The van der Waals surface area contributed by atoms with Gasteiger partial charge < -0.3 is 4.40 Å². The minimum Gasteiger partial charge on any atom is -0.311 e. The minimum absolute atomic E-state index is 0.154. The van der Waals surface area contributed by atoms with Gasteiger partial charge in [0.1, 0.15) is 15.5 Å². The second kappa shape index (κ2) is 9.99. The number of pyridine rings is 2. The first-order valence-corrected chi connectivity index (χ1v) is 15.1. The Morgan fingerprint density at radius 2 is 1.39 bits per heavy atom. The van der Waals surface area contributed by atoms with Crippen molar-refractivity contribution in [3.8, 4) is 11.1 Å². The number of aryl methyl sites for hydroxylation is 1. The Hall–Kier alpha value is -3.30. The third kappa shape index (κ3) is 4.73. The molecule has 0 N–H and O–H groups in total. The van der Waals surface area contributed by atoms with E-state index in [0.717, 1.165) is 11.1 Å². The van der Waals surface area contributed by atoms with Gasteiger partial charge in [0.25, 0.3) is 0 Å². The van der Waals surface area contributed by atoms with E-state index in [4.69, 9.17) is 0 Å². The van der Waals surface area contributed by atoms with Gasteiger partial charge in [-0.05, 0) is 55.2 Å². The summed E-state index contributed by atoms with van der Waals surface area (Å²) < 4.78 is 55.8. The third-order valence-electron chi connectivity index (χ3n) is 5.96. The molecule has 1 aromatic carbocycles. The molecule has 0 aliphatic heterocycles. The molecule has 3 heterocycles. The van der Waals surface area contributed by atoms with Crippen molar-refractivity contribution in [2.45, 2.75) is 43.4 Å². The van der Waals surface area contributed by atoms with Gasteiger partial charge >= 0.3 is 0 Å². The molecule has 0 radical (unpaired) electrons. The van der Waals surface area contributed by atoms with Crippen molar-refractivity contribution in [2.24, 2.45) is 0 Å². The molecule has 9 heteroatoms. The number of nitrogens with zero attached hydrogens (tertiary/aromatic N) is 2. The van der Waals surface area contributed by atoms with Crippen molar-refractivity contribution < 1.29 is 21.6 Å². The van der Waals surface area contributed by atoms with Crippen LogP contribution >= 0.6 is 0 Å². The van der Waals surface area contributed by atoms with Crippen LogP contribution < -0.4 is 0 Å². The minimum atomic E-state index is -4.10. The van der Waals surface area contributed by atoms with Crippen LogP contribution in [-0.2, 0) is 19.7 Å². The van der Waals surface area contributed by atoms with E-state index in [0.29, 0.717) is 12.0 Å². The standard InChI is InChI=1S/C27H28N2O5S2/c1-4-16-35(31,32)26-23-18-22(20-10-13-28-14-11-20)12-15-29(23)24(27(26)36(33,34)17-5-2)25(30)21-8-6-19(3)7-9-21/h6-15,18H,4-5,16-17H2,1-3H3. The Labute approximate surface area is 211 Å². The number of benzene rings is 1. The number of ketones is 1. The molecule has 0 amide bonds. The fourth-order valence-corrected chi connectivity index (χ4v) is 8.28. The molecule has 0 atom stereocenters. The zero-order valence-electron chi connectivity index (χ0n) is 20.4. The van der Waals surface area contributed by atoms with Crippen molar-refractivity contribution in [1.82, 2.24) is 9.38 Å². The molecule has 36 heavy (non-hydrogen) atoms. The Morgan fingerprint density at radius 1 is 0.806 bits per heavy atom. The molecule has 0 saturated carbocycles. The van der Waals surface area contributed by atoms with Crippen LogP contribution in [0.1, 0.15) is 48.3 Å². The summed E-state index contributed by atoms with van der Waals surface area (Å²) in [5, 5.41) is 0. The predicted octanol–water partition coefficient (Wildman–Crippen LogP) is 4.91. The highest BCUT2D eigenvalue weighted by Gasteiger charge is 2.37. The molecule has 0 saturated heterocycles. The Kier molecular flexibility index (Phi) is 7.15. The van der Waals surface area contributed by atoms with Crippen LogP contribution in [0.2, 0.25) is 0 Å². The highest BCUT2D eigenvalue weighted by Crippen LogP contribution is 2.37. The first-order chi connectivity index (χ1) is 17.1. The van der Waals surface area contributed by atoms with Crippen LogP contribution in [0.5, 0.6) is 0 Å². The highest BCUT2D eigenvalue weighted by atomic mass is 32.2. The molecule has 0 fully saturated rings. The van der Waals surface area contributed by atoms with Crippen molar-refractivity contribution >= 4 is 31.0 Å². The molecule has 188 valence electrons. The zero-order chi connectivity index (χ0) is 26.1. The summed E-state index contributed by atoms with van der Waals surface area (Å²) in [6.45, 7) is 5.31. The lowest BCUT2D eigenvalue weighted by atomic mass is 10.1. The van der Waals surface area contributed by atoms with Gasteiger partial charge in [-0.25, -0.2) is 16.8 Å². The maximum absolute atomic E-state index is 13.8. The van der Waals surface area contributed by atoms with Gasteiger partial charge in [-0.1, -0.05) is 43.7 Å². The number of carbonyl (C=O) groups is 1. The van der Waals surface area contributed by atoms with E-state index in [1.54, 1.807) is 81.0 Å². The fourth-order valence-electron chi connectivity index (χ4n) is 4.31. The lowest BCUT2D eigenvalue weighted by Crippen LogP contribution is -2.17. The molecule has 0 unspecified atom stereocenters. The van der Waals surface area contributed by atoms with Gasteiger partial charge in [0.05, 0.1) is 17.0 Å². The van der Waals surface area contributed by atoms with E-state index in [1.165, 1.54) is 4.40 Å². The van der Waals surface area contributed by atoms with E-state index in [2.05, 4.69) is 4.98 Å². The monoisotopic (exact) mass is 524 g/mol. The summed E-state index contributed by atoms with van der Waals surface area (Å²) in [6.07, 6.45) is 5.40. The molecule has 0 aliphatic carbocycles. The van der Waals surface area contributed by atoms with Crippen LogP contribution in [0.4, 0.5) is 0 Å². The van der Waals surface area contributed by atoms with E-state index >= 15 is 0 Å². The summed E-state index contributed by atoms with van der Waals surface area (Å²) in [5.41, 5.74) is 2.71. The number of fused-ring (bicyclic) bond motifs is 1. The molecule has 7 nitrogen and oxygen atoms in total. The molecule has 3 aromatic heterocycles. The average molecular weight is 525 g/mol. The number of sulfone groups is 2. The SMILES string of the molecule is CCCS(=O)(=O)c1c(S(=O)(=O)CCC)c2cc(-c3ccncc3)ccn2c1C(=O)c1ccc(C)cc1. The lowest BCUT2D eigenvalue weighted by molar-refractivity contribution is 0.103. The van der Waals surface area contributed by atoms with Crippen molar-refractivity contribution in [3.63, 3.8) is 0 Å². The largest absolute Gasteiger partial charge is 0.311 e. The zero-order valence-corrected chi connectivity index (χ0v) is 22.1. The molecule has 4 aromatic rings.